The Morgan fingerprint density at radius 3 is 2.16 bits per heavy atom. The Hall–Kier alpha value is -5.57. The molecule has 3 amide bonds. The summed E-state index contributed by atoms with van der Waals surface area (Å²) in [4.78, 5) is 44.4. The number of carbonyl (C=O) groups excluding carboxylic acids is 3. The number of fused-ring (bicyclic) bond motifs is 1. The van der Waals surface area contributed by atoms with Crippen molar-refractivity contribution in [3.05, 3.63) is 119 Å². The smallest absolute Gasteiger partial charge is 0.407 e. The second-order valence-corrected chi connectivity index (χ2v) is 24.1. The molecule has 12 nitrogen and oxygen atoms in total. The summed E-state index contributed by atoms with van der Waals surface area (Å²) in [6.45, 7) is 19.3. The zero-order chi connectivity index (χ0) is 48.5. The van der Waals surface area contributed by atoms with Crippen molar-refractivity contribution in [3.8, 4) is 11.5 Å². The molecular weight excluding hydrogens is 868 g/mol. The first-order chi connectivity index (χ1) is 31.9. The van der Waals surface area contributed by atoms with Gasteiger partial charge in [0.15, 0.2) is 11.6 Å². The number of rotatable bonds is 25. The maximum absolute atomic E-state index is 15.3. The number of nitrogens with one attached hydrogen (secondary N) is 2. The minimum Gasteiger partial charge on any atom is -0.544 e. The summed E-state index contributed by atoms with van der Waals surface area (Å²) in [5.74, 6) is 0.266. The van der Waals surface area contributed by atoms with E-state index < -0.39 is 25.8 Å². The van der Waals surface area contributed by atoms with Crippen molar-refractivity contribution in [2.24, 2.45) is 4.99 Å². The molecule has 362 valence electrons. The van der Waals surface area contributed by atoms with Crippen LogP contribution in [0.15, 0.2) is 101 Å². The van der Waals surface area contributed by atoms with Gasteiger partial charge < -0.3 is 34.0 Å². The molecule has 0 aliphatic carbocycles. The molecule has 0 fully saturated rings. The molecule has 0 saturated carbocycles. The number of amides is 3. The van der Waals surface area contributed by atoms with Crippen molar-refractivity contribution in [2.75, 3.05) is 46.1 Å². The number of nitrogens with zero attached hydrogens (tertiary/aromatic N) is 2. The number of hydrogen-bond donors (Lipinski definition) is 2. The van der Waals surface area contributed by atoms with E-state index in [1.807, 2.05) is 60.7 Å². The highest BCUT2D eigenvalue weighted by Crippen LogP contribution is 2.38. The van der Waals surface area contributed by atoms with Gasteiger partial charge >= 0.3 is 6.09 Å². The van der Waals surface area contributed by atoms with Crippen LogP contribution in [0.4, 0.5) is 9.18 Å². The standard InChI is InChI=1S/C53H71FN4O8Si/c1-52(2,3)65-51(61)56-28-31-63-33-32-62-30-26-49(59)55-27-16-11-9-10-12-17-29-64-48-25-20-40(35-44(48)54)34-42-37-47-45(36-39-18-14-13-15-19-39)57-46(38-58(47)50(42)60)41-21-23-43(24-22-41)66-67(7,8)53(4,5)6/h13-15,18-25,34-35,37-38H,9-12,16-17,26-33,36H2,1-8H3,(H,55,59)(H,56,61)/b42-34+. The monoisotopic (exact) mass is 939 g/mol. The van der Waals surface area contributed by atoms with Crippen LogP contribution in [0.5, 0.6) is 11.5 Å². The fourth-order valence-electron chi connectivity index (χ4n) is 6.90. The molecule has 2 aliphatic heterocycles. The fraction of sp³-hybridized carbons (Fsp3) is 0.472. The van der Waals surface area contributed by atoms with E-state index in [1.165, 1.54) is 6.07 Å². The van der Waals surface area contributed by atoms with Gasteiger partial charge in [0, 0.05) is 43.3 Å². The highest BCUT2D eigenvalue weighted by molar-refractivity contribution is 6.74. The van der Waals surface area contributed by atoms with Gasteiger partial charge in [-0.25, -0.2) is 14.2 Å². The van der Waals surface area contributed by atoms with Crippen LogP contribution in [0.2, 0.25) is 18.1 Å². The third kappa shape index (κ3) is 17.2. The average Bonchev–Trinajstić information content (AvgIpc) is 3.57. The largest absolute Gasteiger partial charge is 0.544 e. The molecule has 0 aromatic heterocycles. The summed E-state index contributed by atoms with van der Waals surface area (Å²) in [6.07, 6.45) is 11.4. The van der Waals surface area contributed by atoms with E-state index in [2.05, 4.69) is 44.5 Å². The van der Waals surface area contributed by atoms with Crippen LogP contribution in [0.1, 0.15) is 103 Å². The van der Waals surface area contributed by atoms with Crippen molar-refractivity contribution in [1.82, 2.24) is 15.5 Å². The molecular formula is C53H71FN4O8Si. The van der Waals surface area contributed by atoms with E-state index in [4.69, 9.17) is 28.4 Å². The van der Waals surface area contributed by atoms with Crippen molar-refractivity contribution in [1.29, 1.82) is 0 Å². The Kier molecular flexibility index (Phi) is 19.5. The van der Waals surface area contributed by atoms with Gasteiger partial charge in [0.25, 0.3) is 5.91 Å². The molecule has 3 aromatic carbocycles. The lowest BCUT2D eigenvalue weighted by molar-refractivity contribution is -0.122. The molecule has 0 atom stereocenters. The lowest BCUT2D eigenvalue weighted by Crippen LogP contribution is -2.43. The first kappa shape index (κ1) is 52.4. The summed E-state index contributed by atoms with van der Waals surface area (Å²) in [5.41, 5.74) is 4.55. The lowest BCUT2D eigenvalue weighted by Gasteiger charge is -2.36. The number of ether oxygens (including phenoxy) is 4. The molecule has 14 heteroatoms. The van der Waals surface area contributed by atoms with Crippen molar-refractivity contribution in [3.63, 3.8) is 0 Å². The van der Waals surface area contributed by atoms with Gasteiger partial charge in [0.1, 0.15) is 11.4 Å². The van der Waals surface area contributed by atoms with Gasteiger partial charge in [-0.1, -0.05) is 82.9 Å². The molecule has 3 aromatic rings. The summed E-state index contributed by atoms with van der Waals surface area (Å²) >= 11 is 0. The predicted molar refractivity (Wildman–Crippen MR) is 266 cm³/mol. The van der Waals surface area contributed by atoms with Gasteiger partial charge in [0.2, 0.25) is 14.2 Å². The summed E-state index contributed by atoms with van der Waals surface area (Å²) in [6, 6.07) is 22.8. The van der Waals surface area contributed by atoms with Crippen molar-refractivity contribution >= 4 is 43.7 Å². The minimum atomic E-state index is -2.02. The highest BCUT2D eigenvalue weighted by Gasteiger charge is 2.39. The molecule has 2 N–H and O–H groups in total. The van der Waals surface area contributed by atoms with Crippen LogP contribution in [-0.2, 0) is 30.2 Å². The third-order valence-electron chi connectivity index (χ3n) is 11.6. The van der Waals surface area contributed by atoms with Gasteiger partial charge in [-0.05, 0) is 111 Å². The molecule has 2 aliphatic rings. The number of hydrogen-bond acceptors (Lipinski definition) is 9. The normalized spacial score (nSPS) is 14.6. The molecule has 0 radical (unpaired) electrons. The lowest BCUT2D eigenvalue weighted by atomic mass is 10.0. The maximum atomic E-state index is 15.3. The first-order valence-corrected chi connectivity index (χ1v) is 26.5. The number of aliphatic imine (C=N–C) groups is 1. The third-order valence-corrected chi connectivity index (χ3v) is 15.9. The SMILES string of the molecule is CC(C)(C)OC(=O)NCCOCCOCCC(=O)NCCCCCCCCOc1ccc(/C=C2\C=C3C(Cc4ccccc4)=NC(c4ccc(O[Si](C)(C)C(C)(C)C)cc4)=CN3C2=O)cc1F. The van der Waals surface area contributed by atoms with E-state index in [0.717, 1.165) is 61.1 Å². The second-order valence-electron chi connectivity index (χ2n) is 19.3. The van der Waals surface area contributed by atoms with Gasteiger partial charge in [0.05, 0.1) is 50.1 Å². The van der Waals surface area contributed by atoms with Crippen LogP contribution in [-0.4, -0.2) is 88.6 Å². The van der Waals surface area contributed by atoms with Gasteiger partial charge in [-0.15, -0.1) is 0 Å². The molecule has 0 saturated heterocycles. The summed E-state index contributed by atoms with van der Waals surface area (Å²) in [7, 11) is -2.02. The van der Waals surface area contributed by atoms with Gasteiger partial charge in [-0.2, -0.15) is 0 Å². The summed E-state index contributed by atoms with van der Waals surface area (Å²) < 4.78 is 43.6. The molecule has 0 unspecified atom stereocenters. The van der Waals surface area contributed by atoms with Crippen LogP contribution in [0.3, 0.4) is 0 Å². The van der Waals surface area contributed by atoms with E-state index >= 15 is 4.39 Å². The molecule has 5 rings (SSSR count). The number of allylic oxidation sites excluding steroid dienone is 1. The van der Waals surface area contributed by atoms with Crippen molar-refractivity contribution < 1.29 is 42.1 Å². The van der Waals surface area contributed by atoms with E-state index in [9.17, 15) is 14.4 Å². The van der Waals surface area contributed by atoms with Crippen LogP contribution in [0.25, 0.3) is 11.8 Å². The number of benzene rings is 3. The average molecular weight is 939 g/mol. The predicted octanol–water partition coefficient (Wildman–Crippen LogP) is 10.8. The van der Waals surface area contributed by atoms with Gasteiger partial charge in [-0.3, -0.25) is 14.5 Å². The zero-order valence-electron chi connectivity index (χ0n) is 40.8. The number of alkyl carbamates (subject to hydrolysis) is 1. The van der Waals surface area contributed by atoms with Crippen LogP contribution < -0.4 is 19.8 Å². The second kappa shape index (κ2) is 25.0. The Labute approximate surface area is 398 Å². The Morgan fingerprint density at radius 2 is 1.48 bits per heavy atom. The Balaban J connectivity index is 1.00. The first-order valence-electron chi connectivity index (χ1n) is 23.6. The fourth-order valence-corrected chi connectivity index (χ4v) is 7.93. The molecule has 0 spiro atoms. The zero-order valence-corrected chi connectivity index (χ0v) is 41.8. The van der Waals surface area contributed by atoms with Crippen LogP contribution in [0, 0.1) is 5.82 Å². The number of carbonyl (C=O) groups is 3. The van der Waals surface area contributed by atoms with E-state index in [1.54, 1.807) is 50.1 Å². The van der Waals surface area contributed by atoms with E-state index in [-0.39, 0.29) is 29.0 Å². The van der Waals surface area contributed by atoms with E-state index in [0.29, 0.717) is 75.1 Å². The minimum absolute atomic E-state index is 0.0442. The van der Waals surface area contributed by atoms with Crippen molar-refractivity contribution in [2.45, 2.75) is 117 Å². The highest BCUT2D eigenvalue weighted by atomic mass is 28.4. The molecule has 67 heavy (non-hydrogen) atoms. The number of unbranched alkanes of at least 4 members (excludes halogenated alkanes) is 5. The Morgan fingerprint density at radius 1 is 0.791 bits per heavy atom. The quantitative estimate of drug-likeness (QED) is 0.0487. The topological polar surface area (TPSA) is 137 Å². The Bertz CT molecular complexity index is 2240. The molecule has 2 heterocycles. The molecule has 0 bridgehead atoms. The summed E-state index contributed by atoms with van der Waals surface area (Å²) in [5, 5.41) is 5.63. The van der Waals surface area contributed by atoms with Crippen LogP contribution >= 0.6 is 0 Å². The maximum Gasteiger partial charge on any atom is 0.407 e. The number of halogens is 1.